The van der Waals surface area contributed by atoms with E-state index >= 15 is 0 Å². The number of hydrogen-bond donors (Lipinski definition) is 1. The highest BCUT2D eigenvalue weighted by atomic mass is 19.4. The van der Waals surface area contributed by atoms with Crippen LogP contribution in [-0.2, 0) is 6.18 Å². The van der Waals surface area contributed by atoms with Crippen molar-refractivity contribution in [2.75, 3.05) is 5.32 Å². The second-order valence-corrected chi connectivity index (χ2v) is 6.02. The summed E-state index contributed by atoms with van der Waals surface area (Å²) in [5.41, 5.74) is 0.108. The van der Waals surface area contributed by atoms with E-state index in [2.05, 4.69) is 20.3 Å². The Hall–Kier alpha value is -3.55. The first-order chi connectivity index (χ1) is 13.4. The summed E-state index contributed by atoms with van der Waals surface area (Å²) < 4.78 is 52.9. The Bertz CT molecular complexity index is 1140. The predicted molar refractivity (Wildman–Crippen MR) is 97.5 cm³/mol. The fraction of sp³-hybridized carbons (Fsp3) is 0.0500. The number of rotatable bonds is 3. The van der Waals surface area contributed by atoms with Crippen LogP contribution in [0.4, 0.5) is 29.1 Å². The molecule has 140 valence electrons. The van der Waals surface area contributed by atoms with E-state index in [0.717, 1.165) is 22.9 Å². The Labute approximate surface area is 156 Å². The molecule has 4 nitrogen and oxygen atoms in total. The van der Waals surface area contributed by atoms with E-state index in [4.69, 9.17) is 0 Å². The highest BCUT2D eigenvalue weighted by Crippen LogP contribution is 2.31. The van der Waals surface area contributed by atoms with Crippen LogP contribution in [0.15, 0.2) is 67.3 Å². The maximum Gasteiger partial charge on any atom is 0.416 e. The third-order valence-corrected chi connectivity index (χ3v) is 4.18. The number of anilines is 2. The number of halogens is 4. The summed E-state index contributed by atoms with van der Waals surface area (Å²) in [4.78, 5) is 11.9. The van der Waals surface area contributed by atoms with E-state index in [1.54, 1.807) is 24.5 Å². The number of aromatic nitrogens is 3. The van der Waals surface area contributed by atoms with E-state index in [0.29, 0.717) is 5.56 Å². The van der Waals surface area contributed by atoms with Gasteiger partial charge in [0, 0.05) is 29.0 Å². The van der Waals surface area contributed by atoms with E-state index in [1.807, 2.05) is 12.1 Å². The van der Waals surface area contributed by atoms with Crippen LogP contribution in [-0.4, -0.2) is 15.0 Å². The van der Waals surface area contributed by atoms with Crippen molar-refractivity contribution in [1.82, 2.24) is 15.0 Å². The maximum atomic E-state index is 14.9. The quantitative estimate of drug-likeness (QED) is 0.468. The van der Waals surface area contributed by atoms with Gasteiger partial charge in [0.1, 0.15) is 12.0 Å². The van der Waals surface area contributed by atoms with Crippen LogP contribution in [0.25, 0.3) is 22.0 Å². The minimum Gasteiger partial charge on any atom is -0.338 e. The van der Waals surface area contributed by atoms with Crippen molar-refractivity contribution < 1.29 is 17.6 Å². The van der Waals surface area contributed by atoms with Crippen LogP contribution >= 0.6 is 0 Å². The fourth-order valence-electron chi connectivity index (χ4n) is 2.77. The summed E-state index contributed by atoms with van der Waals surface area (Å²) in [5.74, 6) is -0.832. The van der Waals surface area contributed by atoms with Crippen molar-refractivity contribution in [3.05, 3.63) is 78.6 Å². The zero-order chi connectivity index (χ0) is 19.7. The second-order valence-electron chi connectivity index (χ2n) is 6.02. The van der Waals surface area contributed by atoms with E-state index in [1.165, 1.54) is 18.5 Å². The highest BCUT2D eigenvalue weighted by molar-refractivity contribution is 5.86. The molecule has 0 aliphatic carbocycles. The van der Waals surface area contributed by atoms with Crippen LogP contribution in [0.2, 0.25) is 0 Å². The van der Waals surface area contributed by atoms with Gasteiger partial charge in [-0.3, -0.25) is 4.98 Å². The molecule has 2 aromatic carbocycles. The largest absolute Gasteiger partial charge is 0.416 e. The number of hydrogen-bond acceptors (Lipinski definition) is 4. The van der Waals surface area contributed by atoms with Gasteiger partial charge in [-0.15, -0.1) is 0 Å². The number of alkyl halides is 3. The molecule has 8 heteroatoms. The van der Waals surface area contributed by atoms with Gasteiger partial charge >= 0.3 is 6.18 Å². The number of nitrogens with one attached hydrogen (secondary N) is 1. The average Bonchev–Trinajstić information content (AvgIpc) is 2.69. The molecule has 28 heavy (non-hydrogen) atoms. The standard InChI is InChI=1S/C20H12F4N4/c21-17-18(13-2-1-12-7-8-25-10-14(12)9-13)26-11-27-19(17)28-16-5-3-15(4-6-16)20(22,23)24/h1-11H,(H,26,27,28). The molecule has 0 radical (unpaired) electrons. The number of pyridine rings is 1. The average molecular weight is 384 g/mol. The molecule has 4 aromatic rings. The first kappa shape index (κ1) is 17.8. The van der Waals surface area contributed by atoms with Gasteiger partial charge in [-0.25, -0.2) is 14.4 Å². The Morgan fingerprint density at radius 1 is 0.857 bits per heavy atom. The molecule has 4 rings (SSSR count). The Morgan fingerprint density at radius 3 is 2.39 bits per heavy atom. The van der Waals surface area contributed by atoms with Crippen LogP contribution in [0.3, 0.4) is 0 Å². The summed E-state index contributed by atoms with van der Waals surface area (Å²) >= 11 is 0. The number of benzene rings is 2. The normalized spacial score (nSPS) is 11.6. The third kappa shape index (κ3) is 3.48. The molecule has 1 N–H and O–H groups in total. The number of fused-ring (bicyclic) bond motifs is 1. The van der Waals surface area contributed by atoms with Crippen molar-refractivity contribution >= 4 is 22.3 Å². The Morgan fingerprint density at radius 2 is 1.64 bits per heavy atom. The van der Waals surface area contributed by atoms with Gasteiger partial charge in [0.25, 0.3) is 0 Å². The molecule has 0 bridgehead atoms. The maximum absolute atomic E-state index is 14.9. The molecule has 0 saturated heterocycles. The predicted octanol–water partition coefficient (Wildman–Crippen LogP) is 5.59. The molecule has 2 heterocycles. The summed E-state index contributed by atoms with van der Waals surface area (Å²) in [5, 5.41) is 4.48. The lowest BCUT2D eigenvalue weighted by molar-refractivity contribution is -0.137. The van der Waals surface area contributed by atoms with Gasteiger partial charge in [0.05, 0.1) is 5.56 Å². The van der Waals surface area contributed by atoms with Gasteiger partial charge in [-0.1, -0.05) is 12.1 Å². The number of nitrogens with zero attached hydrogens (tertiary/aromatic N) is 3. The smallest absolute Gasteiger partial charge is 0.338 e. The minimum absolute atomic E-state index is 0.0789. The molecular formula is C20H12F4N4. The molecule has 0 aliphatic rings. The SMILES string of the molecule is Fc1c(Nc2ccc(C(F)(F)F)cc2)ncnc1-c1ccc2ccncc2c1. The van der Waals surface area contributed by atoms with Gasteiger partial charge in [-0.2, -0.15) is 13.2 Å². The molecule has 0 saturated carbocycles. The molecule has 0 aliphatic heterocycles. The van der Waals surface area contributed by atoms with Crippen LogP contribution < -0.4 is 5.32 Å². The van der Waals surface area contributed by atoms with E-state index in [-0.39, 0.29) is 17.2 Å². The Kier molecular flexibility index (Phi) is 4.38. The van der Waals surface area contributed by atoms with Crippen molar-refractivity contribution in [2.45, 2.75) is 6.18 Å². The summed E-state index contributed by atoms with van der Waals surface area (Å²) in [6.07, 6.45) is 0.0910. The molecule has 0 fully saturated rings. The molecule has 0 amide bonds. The fourth-order valence-corrected chi connectivity index (χ4v) is 2.77. The summed E-state index contributed by atoms with van der Waals surface area (Å²) in [6.45, 7) is 0. The van der Waals surface area contributed by atoms with Crippen LogP contribution in [0.5, 0.6) is 0 Å². The van der Waals surface area contributed by atoms with Gasteiger partial charge in [-0.05, 0) is 41.8 Å². The first-order valence-corrected chi connectivity index (χ1v) is 8.21. The second kappa shape index (κ2) is 6.88. The van der Waals surface area contributed by atoms with Crippen molar-refractivity contribution in [3.8, 4) is 11.3 Å². The first-order valence-electron chi connectivity index (χ1n) is 8.21. The van der Waals surface area contributed by atoms with Crippen molar-refractivity contribution in [1.29, 1.82) is 0 Å². The van der Waals surface area contributed by atoms with Gasteiger partial charge in [0.2, 0.25) is 0 Å². The molecule has 2 aromatic heterocycles. The van der Waals surface area contributed by atoms with Crippen LogP contribution in [0, 0.1) is 5.82 Å². The van der Waals surface area contributed by atoms with Crippen LogP contribution in [0.1, 0.15) is 5.56 Å². The highest BCUT2D eigenvalue weighted by Gasteiger charge is 2.30. The lowest BCUT2D eigenvalue weighted by Crippen LogP contribution is -2.05. The van der Waals surface area contributed by atoms with E-state index < -0.39 is 17.6 Å². The van der Waals surface area contributed by atoms with Gasteiger partial charge < -0.3 is 5.32 Å². The topological polar surface area (TPSA) is 50.7 Å². The molecule has 0 atom stereocenters. The third-order valence-electron chi connectivity index (χ3n) is 4.18. The minimum atomic E-state index is -4.43. The Balaban J connectivity index is 1.66. The molecule has 0 unspecified atom stereocenters. The zero-order valence-corrected chi connectivity index (χ0v) is 14.2. The van der Waals surface area contributed by atoms with E-state index in [9.17, 15) is 17.6 Å². The monoisotopic (exact) mass is 384 g/mol. The summed E-state index contributed by atoms with van der Waals surface area (Å²) in [7, 11) is 0. The lowest BCUT2D eigenvalue weighted by Gasteiger charge is -2.11. The van der Waals surface area contributed by atoms with Gasteiger partial charge in [0.15, 0.2) is 11.6 Å². The lowest BCUT2D eigenvalue weighted by atomic mass is 10.1. The zero-order valence-electron chi connectivity index (χ0n) is 14.2. The summed E-state index contributed by atoms with van der Waals surface area (Å²) in [6, 6.07) is 11.4. The molecular weight excluding hydrogens is 372 g/mol. The van der Waals surface area contributed by atoms with Crippen molar-refractivity contribution in [2.24, 2.45) is 0 Å². The van der Waals surface area contributed by atoms with Crippen molar-refractivity contribution in [3.63, 3.8) is 0 Å². The molecule has 0 spiro atoms.